The molecule has 0 bridgehead atoms. The maximum atomic E-state index is 10.2. The average molecular weight is 200 g/mol. The standard InChI is InChI=1S/C10H16O4/c1-2-3-4-5-6-7-8(11)9(12)10(13)14/h8-9,11-12H,2-5H2,1H3,(H,13,14)/t8-,9-/m0/s1. The number of aliphatic hydroxyl groups excluding tert-OH is 2. The topological polar surface area (TPSA) is 77.8 Å². The van der Waals surface area contributed by atoms with Crippen LogP contribution in [0, 0.1) is 11.8 Å². The molecule has 0 saturated heterocycles. The summed E-state index contributed by atoms with van der Waals surface area (Å²) in [6.45, 7) is 2.07. The fraction of sp³-hybridized carbons (Fsp3) is 0.700. The van der Waals surface area contributed by atoms with E-state index in [1.807, 2.05) is 0 Å². The van der Waals surface area contributed by atoms with Crippen LogP contribution in [0.5, 0.6) is 0 Å². The summed E-state index contributed by atoms with van der Waals surface area (Å²) in [5, 5.41) is 26.2. The number of aliphatic hydroxyl groups is 2. The van der Waals surface area contributed by atoms with Crippen LogP contribution in [0.4, 0.5) is 0 Å². The summed E-state index contributed by atoms with van der Waals surface area (Å²) in [6.07, 6.45) is 0.396. The lowest BCUT2D eigenvalue weighted by molar-refractivity contribution is -0.150. The Balaban J connectivity index is 3.79. The molecule has 80 valence electrons. The Morgan fingerprint density at radius 3 is 2.50 bits per heavy atom. The van der Waals surface area contributed by atoms with Crippen LogP contribution in [-0.2, 0) is 4.79 Å². The minimum absolute atomic E-state index is 0.622. The first-order valence-corrected chi connectivity index (χ1v) is 4.67. The van der Waals surface area contributed by atoms with Crippen LogP contribution in [0.25, 0.3) is 0 Å². The van der Waals surface area contributed by atoms with E-state index in [-0.39, 0.29) is 0 Å². The van der Waals surface area contributed by atoms with Crippen LogP contribution in [0.1, 0.15) is 32.6 Å². The second-order valence-electron chi connectivity index (χ2n) is 3.01. The van der Waals surface area contributed by atoms with Crippen LogP contribution in [-0.4, -0.2) is 33.5 Å². The summed E-state index contributed by atoms with van der Waals surface area (Å²) in [4.78, 5) is 10.2. The van der Waals surface area contributed by atoms with Crippen LogP contribution in [0.2, 0.25) is 0 Å². The van der Waals surface area contributed by atoms with Gasteiger partial charge in [-0.15, -0.1) is 5.92 Å². The van der Waals surface area contributed by atoms with E-state index in [0.717, 1.165) is 19.3 Å². The SMILES string of the molecule is CCCCCC#C[C@H](O)[C@H](O)C(=O)O. The average Bonchev–Trinajstić information content (AvgIpc) is 2.16. The van der Waals surface area contributed by atoms with E-state index in [0.29, 0.717) is 6.42 Å². The Kier molecular flexibility index (Phi) is 6.81. The van der Waals surface area contributed by atoms with Crippen molar-refractivity contribution in [1.82, 2.24) is 0 Å². The van der Waals surface area contributed by atoms with Crippen molar-refractivity contribution in [3.63, 3.8) is 0 Å². The molecule has 2 atom stereocenters. The molecular weight excluding hydrogens is 184 g/mol. The largest absolute Gasteiger partial charge is 0.479 e. The van der Waals surface area contributed by atoms with Crippen molar-refractivity contribution in [2.75, 3.05) is 0 Å². The van der Waals surface area contributed by atoms with Gasteiger partial charge in [-0.05, 0) is 6.42 Å². The third-order valence-electron chi connectivity index (χ3n) is 1.71. The zero-order valence-electron chi connectivity index (χ0n) is 8.23. The highest BCUT2D eigenvalue weighted by Crippen LogP contribution is 1.98. The second-order valence-corrected chi connectivity index (χ2v) is 3.01. The molecule has 0 aromatic carbocycles. The van der Waals surface area contributed by atoms with Gasteiger partial charge in [-0.25, -0.2) is 4.79 Å². The fourth-order valence-corrected chi connectivity index (χ4v) is 0.854. The Bertz CT molecular complexity index is 226. The van der Waals surface area contributed by atoms with Gasteiger partial charge in [0.15, 0.2) is 12.2 Å². The van der Waals surface area contributed by atoms with E-state index < -0.39 is 18.2 Å². The number of carbonyl (C=O) groups is 1. The van der Waals surface area contributed by atoms with Crippen molar-refractivity contribution >= 4 is 5.97 Å². The third-order valence-corrected chi connectivity index (χ3v) is 1.71. The zero-order chi connectivity index (χ0) is 11.0. The monoisotopic (exact) mass is 200 g/mol. The van der Waals surface area contributed by atoms with Gasteiger partial charge < -0.3 is 15.3 Å². The van der Waals surface area contributed by atoms with Crippen molar-refractivity contribution in [3.05, 3.63) is 0 Å². The Morgan fingerprint density at radius 1 is 1.36 bits per heavy atom. The lowest BCUT2D eigenvalue weighted by Crippen LogP contribution is -2.32. The summed E-state index contributed by atoms with van der Waals surface area (Å²) >= 11 is 0. The predicted octanol–water partition coefficient (Wildman–Crippen LogP) is 0.377. The Morgan fingerprint density at radius 2 is 2.00 bits per heavy atom. The molecule has 0 aliphatic carbocycles. The van der Waals surface area contributed by atoms with E-state index in [1.165, 1.54) is 0 Å². The molecule has 0 aromatic heterocycles. The Labute approximate surface area is 83.6 Å². The van der Waals surface area contributed by atoms with Crippen molar-refractivity contribution in [2.45, 2.75) is 44.8 Å². The maximum Gasteiger partial charge on any atom is 0.336 e. The number of carboxylic acids is 1. The smallest absolute Gasteiger partial charge is 0.336 e. The van der Waals surface area contributed by atoms with Gasteiger partial charge in [0.05, 0.1) is 0 Å². The normalized spacial score (nSPS) is 13.9. The molecular formula is C10H16O4. The van der Waals surface area contributed by atoms with E-state index >= 15 is 0 Å². The molecule has 0 amide bonds. The van der Waals surface area contributed by atoms with Crippen molar-refractivity contribution < 1.29 is 20.1 Å². The molecule has 0 spiro atoms. The predicted molar refractivity (Wildman–Crippen MR) is 51.6 cm³/mol. The number of unbranched alkanes of at least 4 members (excludes halogenated alkanes) is 3. The number of aliphatic carboxylic acids is 1. The molecule has 4 heteroatoms. The molecule has 0 saturated carbocycles. The fourth-order valence-electron chi connectivity index (χ4n) is 0.854. The number of hydrogen-bond donors (Lipinski definition) is 3. The molecule has 14 heavy (non-hydrogen) atoms. The third kappa shape index (κ3) is 5.57. The van der Waals surface area contributed by atoms with Gasteiger partial charge in [0.1, 0.15) is 0 Å². The molecule has 0 aromatic rings. The first-order chi connectivity index (χ1) is 6.59. The summed E-state index contributed by atoms with van der Waals surface area (Å²) in [6, 6.07) is 0. The van der Waals surface area contributed by atoms with Crippen LogP contribution < -0.4 is 0 Å². The van der Waals surface area contributed by atoms with Crippen LogP contribution >= 0.6 is 0 Å². The zero-order valence-corrected chi connectivity index (χ0v) is 8.23. The van der Waals surface area contributed by atoms with E-state index in [9.17, 15) is 4.79 Å². The first-order valence-electron chi connectivity index (χ1n) is 4.67. The first kappa shape index (κ1) is 12.9. The minimum Gasteiger partial charge on any atom is -0.479 e. The van der Waals surface area contributed by atoms with Crippen molar-refractivity contribution in [1.29, 1.82) is 0 Å². The summed E-state index contributed by atoms with van der Waals surface area (Å²) in [7, 11) is 0. The van der Waals surface area contributed by atoms with Crippen LogP contribution in [0.3, 0.4) is 0 Å². The highest BCUT2D eigenvalue weighted by molar-refractivity contribution is 5.73. The van der Waals surface area contributed by atoms with Crippen molar-refractivity contribution in [3.8, 4) is 11.8 Å². The quantitative estimate of drug-likeness (QED) is 0.443. The molecule has 3 N–H and O–H groups in total. The highest BCUT2D eigenvalue weighted by Gasteiger charge is 2.21. The molecule has 0 heterocycles. The van der Waals surface area contributed by atoms with Gasteiger partial charge in [-0.2, -0.15) is 0 Å². The molecule has 0 unspecified atom stereocenters. The molecule has 0 aliphatic heterocycles. The van der Waals surface area contributed by atoms with E-state index in [4.69, 9.17) is 15.3 Å². The van der Waals surface area contributed by atoms with Crippen molar-refractivity contribution in [2.24, 2.45) is 0 Å². The van der Waals surface area contributed by atoms with Gasteiger partial charge in [0, 0.05) is 6.42 Å². The van der Waals surface area contributed by atoms with E-state index in [2.05, 4.69) is 18.8 Å². The van der Waals surface area contributed by atoms with Gasteiger partial charge in [-0.1, -0.05) is 25.7 Å². The minimum atomic E-state index is -1.81. The molecule has 0 aliphatic rings. The summed E-state index contributed by atoms with van der Waals surface area (Å²) in [5.41, 5.74) is 0. The molecule has 0 rings (SSSR count). The summed E-state index contributed by atoms with van der Waals surface area (Å²) in [5.74, 6) is 3.47. The van der Waals surface area contributed by atoms with Gasteiger partial charge in [-0.3, -0.25) is 0 Å². The lowest BCUT2D eigenvalue weighted by atomic mass is 10.2. The van der Waals surface area contributed by atoms with E-state index in [1.54, 1.807) is 0 Å². The Hall–Kier alpha value is -1.05. The van der Waals surface area contributed by atoms with Crippen LogP contribution in [0.15, 0.2) is 0 Å². The number of rotatable bonds is 5. The van der Waals surface area contributed by atoms with Gasteiger partial charge in [0.25, 0.3) is 0 Å². The highest BCUT2D eigenvalue weighted by atomic mass is 16.4. The number of carboxylic acid groups (broad SMARTS) is 1. The number of hydrogen-bond acceptors (Lipinski definition) is 3. The molecule has 4 nitrogen and oxygen atoms in total. The second kappa shape index (κ2) is 7.36. The molecule has 0 fully saturated rings. The maximum absolute atomic E-state index is 10.2. The lowest BCUT2D eigenvalue weighted by Gasteiger charge is -2.06. The van der Waals surface area contributed by atoms with Gasteiger partial charge in [0.2, 0.25) is 0 Å². The van der Waals surface area contributed by atoms with Gasteiger partial charge >= 0.3 is 5.97 Å². The molecule has 0 radical (unpaired) electrons. The summed E-state index contributed by atoms with van der Waals surface area (Å²) < 4.78 is 0.